The van der Waals surface area contributed by atoms with E-state index in [0.717, 1.165) is 30.3 Å². The average Bonchev–Trinajstić information content (AvgIpc) is 2.99. The van der Waals surface area contributed by atoms with Gasteiger partial charge in [0.15, 0.2) is 6.04 Å². The number of amides is 2. The normalized spacial score (nSPS) is 13.4. The van der Waals surface area contributed by atoms with Crippen LogP contribution in [0, 0.1) is 0 Å². The molecule has 0 bridgehead atoms. The van der Waals surface area contributed by atoms with Gasteiger partial charge in [-0.3, -0.25) is 9.59 Å². The number of primary amides is 2. The highest BCUT2D eigenvalue weighted by Gasteiger charge is 2.45. The van der Waals surface area contributed by atoms with Crippen LogP contribution >= 0.6 is 0 Å². The van der Waals surface area contributed by atoms with E-state index in [4.69, 9.17) is 11.5 Å². The molecule has 1 heterocycles. The predicted octanol–water partition coefficient (Wildman–Crippen LogP) is 3.40. The van der Waals surface area contributed by atoms with Crippen molar-refractivity contribution in [2.45, 2.75) is 18.4 Å². The van der Waals surface area contributed by atoms with Gasteiger partial charge in [0.1, 0.15) is 0 Å². The number of alkyl halides is 6. The van der Waals surface area contributed by atoms with Crippen LogP contribution in [-0.4, -0.2) is 27.5 Å². The Kier molecular flexibility index (Phi) is 4.96. The number of carbonyl (C=O) groups excluding carboxylic acids is 2. The van der Waals surface area contributed by atoms with E-state index in [2.05, 4.69) is 4.98 Å². The molecule has 0 aliphatic rings. The number of benzene rings is 2. The molecule has 3 rings (SSSR count). The fourth-order valence-corrected chi connectivity index (χ4v) is 3.06. The number of hydrogen-bond acceptors (Lipinski definition) is 3. The summed E-state index contributed by atoms with van der Waals surface area (Å²) in [6.07, 6.45) is -10.0. The first kappa shape index (κ1) is 21.1. The summed E-state index contributed by atoms with van der Waals surface area (Å²) in [5.41, 5.74) is 7.66. The first-order valence-corrected chi connectivity index (χ1v) is 8.16. The smallest absolute Gasteiger partial charge is 0.366 e. The van der Waals surface area contributed by atoms with Crippen molar-refractivity contribution in [3.8, 4) is 0 Å². The third kappa shape index (κ3) is 3.80. The van der Waals surface area contributed by atoms with Gasteiger partial charge in [0.05, 0.1) is 16.6 Å². The summed E-state index contributed by atoms with van der Waals surface area (Å²) in [4.78, 5) is 26.9. The van der Waals surface area contributed by atoms with E-state index in [-0.39, 0.29) is 16.6 Å². The Labute approximate surface area is 164 Å². The molecule has 12 heteroatoms. The van der Waals surface area contributed by atoms with Crippen molar-refractivity contribution in [1.29, 1.82) is 0 Å². The second-order valence-corrected chi connectivity index (χ2v) is 6.30. The van der Waals surface area contributed by atoms with Crippen molar-refractivity contribution in [3.05, 3.63) is 65.0 Å². The van der Waals surface area contributed by atoms with E-state index in [1.54, 1.807) is 0 Å². The molecule has 4 N–H and O–H groups in total. The molecule has 2 amide bonds. The maximum atomic E-state index is 14.0. The quantitative estimate of drug-likeness (QED) is 0.620. The van der Waals surface area contributed by atoms with Crippen LogP contribution in [0.2, 0.25) is 0 Å². The molecule has 0 saturated carbocycles. The molecule has 0 aliphatic heterocycles. The second kappa shape index (κ2) is 7.04. The number of rotatable bonds is 4. The maximum absolute atomic E-state index is 14.0. The molecule has 2 aromatic carbocycles. The Morgan fingerprint density at radius 2 is 1.60 bits per heavy atom. The molecule has 0 aliphatic carbocycles. The zero-order chi connectivity index (χ0) is 22.4. The number of fused-ring (bicyclic) bond motifs is 1. The molecular weight excluding hydrogens is 418 g/mol. The third-order valence-corrected chi connectivity index (χ3v) is 4.29. The molecule has 6 nitrogen and oxygen atoms in total. The third-order valence-electron chi connectivity index (χ3n) is 4.29. The second-order valence-electron chi connectivity index (χ2n) is 6.30. The standard InChI is InChI=1S/C18H12F6N4O2/c19-17(20,21)10-3-1-2-8(6-10)13(18(22,23)24)28-12-5-4-9(14(25)29)7-11(12)27-16(28)15(26)30/h1-7,13H,(H2,25,29)(H2,26,30). The number of halogens is 6. The lowest BCUT2D eigenvalue weighted by Crippen LogP contribution is -2.31. The summed E-state index contributed by atoms with van der Waals surface area (Å²) < 4.78 is 81.6. The van der Waals surface area contributed by atoms with Gasteiger partial charge in [-0.15, -0.1) is 0 Å². The number of aromatic nitrogens is 2. The van der Waals surface area contributed by atoms with Crippen LogP contribution < -0.4 is 11.5 Å². The number of imidazole rings is 1. The number of carbonyl (C=O) groups is 2. The van der Waals surface area contributed by atoms with Crippen LogP contribution in [0.15, 0.2) is 42.5 Å². The SMILES string of the molecule is NC(=O)c1ccc2c(c1)nc(C(N)=O)n2C(c1cccc(C(F)(F)F)c1)C(F)(F)F. The lowest BCUT2D eigenvalue weighted by molar-refractivity contribution is -0.157. The monoisotopic (exact) mass is 430 g/mol. The highest BCUT2D eigenvalue weighted by molar-refractivity contribution is 5.98. The molecule has 1 aromatic heterocycles. The van der Waals surface area contributed by atoms with Crippen molar-refractivity contribution >= 4 is 22.8 Å². The van der Waals surface area contributed by atoms with Gasteiger partial charge < -0.3 is 16.0 Å². The minimum Gasteiger partial charge on any atom is -0.366 e. The van der Waals surface area contributed by atoms with E-state index in [9.17, 15) is 35.9 Å². The fraction of sp³-hybridized carbons (Fsp3) is 0.167. The van der Waals surface area contributed by atoms with E-state index >= 15 is 0 Å². The Balaban J connectivity index is 2.34. The van der Waals surface area contributed by atoms with Crippen LogP contribution in [0.4, 0.5) is 26.3 Å². The molecule has 0 spiro atoms. The van der Waals surface area contributed by atoms with E-state index in [1.807, 2.05) is 0 Å². The van der Waals surface area contributed by atoms with Gasteiger partial charge in [0, 0.05) is 5.56 Å². The summed E-state index contributed by atoms with van der Waals surface area (Å²) in [6, 6.07) is 3.15. The molecule has 1 atom stereocenters. The first-order valence-electron chi connectivity index (χ1n) is 8.16. The summed E-state index contributed by atoms with van der Waals surface area (Å²) in [5.74, 6) is -3.07. The van der Waals surface area contributed by atoms with E-state index in [0.29, 0.717) is 16.7 Å². The van der Waals surface area contributed by atoms with Gasteiger partial charge in [-0.05, 0) is 35.9 Å². The minimum absolute atomic E-state index is 0.0919. The zero-order valence-corrected chi connectivity index (χ0v) is 14.8. The van der Waals surface area contributed by atoms with Crippen molar-refractivity contribution in [2.24, 2.45) is 11.5 Å². The minimum atomic E-state index is -5.12. The van der Waals surface area contributed by atoms with Crippen LogP contribution in [0.25, 0.3) is 11.0 Å². The average molecular weight is 430 g/mol. The molecule has 1 unspecified atom stereocenters. The van der Waals surface area contributed by atoms with Crippen molar-refractivity contribution in [2.75, 3.05) is 0 Å². The number of hydrogen-bond donors (Lipinski definition) is 2. The largest absolute Gasteiger partial charge is 0.416 e. The van der Waals surface area contributed by atoms with Gasteiger partial charge in [-0.25, -0.2) is 4.98 Å². The van der Waals surface area contributed by atoms with Crippen LogP contribution in [0.1, 0.15) is 38.1 Å². The van der Waals surface area contributed by atoms with Crippen LogP contribution in [-0.2, 0) is 6.18 Å². The summed E-state index contributed by atoms with van der Waals surface area (Å²) in [5, 5.41) is 0. The van der Waals surface area contributed by atoms with E-state index in [1.165, 1.54) is 0 Å². The van der Waals surface area contributed by atoms with E-state index < -0.39 is 47.2 Å². The molecule has 30 heavy (non-hydrogen) atoms. The van der Waals surface area contributed by atoms with Crippen molar-refractivity contribution in [3.63, 3.8) is 0 Å². The van der Waals surface area contributed by atoms with Gasteiger partial charge in [0.25, 0.3) is 5.91 Å². The number of nitrogens with two attached hydrogens (primary N) is 2. The van der Waals surface area contributed by atoms with Crippen LogP contribution in [0.3, 0.4) is 0 Å². The highest BCUT2D eigenvalue weighted by Crippen LogP contribution is 2.41. The zero-order valence-electron chi connectivity index (χ0n) is 14.8. The predicted molar refractivity (Wildman–Crippen MR) is 92.4 cm³/mol. The van der Waals surface area contributed by atoms with Crippen molar-refractivity contribution < 1.29 is 35.9 Å². The number of nitrogens with zero attached hydrogens (tertiary/aromatic N) is 2. The van der Waals surface area contributed by atoms with Gasteiger partial charge in [-0.1, -0.05) is 12.1 Å². The Hall–Kier alpha value is -3.57. The fourth-order valence-electron chi connectivity index (χ4n) is 3.06. The molecular formula is C18H12F6N4O2. The molecule has 0 radical (unpaired) electrons. The van der Waals surface area contributed by atoms with Gasteiger partial charge in [0.2, 0.25) is 11.7 Å². The molecule has 0 fully saturated rings. The lowest BCUT2D eigenvalue weighted by atomic mass is 10.0. The molecule has 0 saturated heterocycles. The van der Waals surface area contributed by atoms with Gasteiger partial charge in [-0.2, -0.15) is 26.3 Å². The Morgan fingerprint density at radius 1 is 0.933 bits per heavy atom. The van der Waals surface area contributed by atoms with Gasteiger partial charge >= 0.3 is 12.4 Å². The van der Waals surface area contributed by atoms with Crippen molar-refractivity contribution in [1.82, 2.24) is 9.55 Å². The Morgan fingerprint density at radius 3 is 2.13 bits per heavy atom. The summed E-state index contributed by atoms with van der Waals surface area (Å²) in [6.45, 7) is 0. The summed E-state index contributed by atoms with van der Waals surface area (Å²) >= 11 is 0. The molecule has 3 aromatic rings. The first-order chi connectivity index (χ1) is 13.8. The molecule has 158 valence electrons. The Bertz CT molecular complexity index is 1150. The van der Waals surface area contributed by atoms with Crippen LogP contribution in [0.5, 0.6) is 0 Å². The summed E-state index contributed by atoms with van der Waals surface area (Å²) in [7, 11) is 0. The topological polar surface area (TPSA) is 104 Å². The lowest BCUT2D eigenvalue weighted by Gasteiger charge is -2.25. The highest BCUT2D eigenvalue weighted by atomic mass is 19.4. The maximum Gasteiger partial charge on any atom is 0.416 e.